The molecular weight excluding hydrogens is 336 g/mol. The third kappa shape index (κ3) is 3.53. The summed E-state index contributed by atoms with van der Waals surface area (Å²) in [6, 6.07) is 5.62. The molecule has 0 aliphatic rings. The van der Waals surface area contributed by atoms with Crippen LogP contribution >= 0.6 is 15.9 Å². The molecule has 0 spiro atoms. The fraction of sp³-hybridized carbons (Fsp3) is 0.273. The predicted octanol–water partition coefficient (Wildman–Crippen LogP) is 1.68. The van der Waals surface area contributed by atoms with Crippen LogP contribution in [0.2, 0.25) is 0 Å². The van der Waals surface area contributed by atoms with E-state index in [-0.39, 0.29) is 23.4 Å². The molecule has 0 bridgehead atoms. The van der Waals surface area contributed by atoms with Crippen LogP contribution in [0, 0.1) is 11.3 Å². The van der Waals surface area contributed by atoms with Crippen molar-refractivity contribution >= 4 is 31.9 Å². The second-order valence-electron chi connectivity index (χ2n) is 3.68. The second-order valence-corrected chi connectivity index (χ2v) is 6.58. The van der Waals surface area contributed by atoms with Gasteiger partial charge in [0.25, 0.3) is 0 Å². The van der Waals surface area contributed by atoms with Gasteiger partial charge >= 0.3 is 5.97 Å². The first-order valence-electron chi connectivity index (χ1n) is 5.17. The number of carboxylic acids is 1. The van der Waals surface area contributed by atoms with Crippen molar-refractivity contribution in [1.82, 2.24) is 4.31 Å². The second kappa shape index (κ2) is 6.14. The van der Waals surface area contributed by atoms with Crippen LogP contribution in [0.5, 0.6) is 0 Å². The minimum Gasteiger partial charge on any atom is -0.478 e. The van der Waals surface area contributed by atoms with Crippen molar-refractivity contribution in [2.24, 2.45) is 0 Å². The summed E-state index contributed by atoms with van der Waals surface area (Å²) in [4.78, 5) is 10.8. The highest BCUT2D eigenvalue weighted by Gasteiger charge is 2.22. The molecule has 0 heterocycles. The van der Waals surface area contributed by atoms with E-state index in [4.69, 9.17) is 10.4 Å². The summed E-state index contributed by atoms with van der Waals surface area (Å²) in [5.41, 5.74) is -0.130. The molecule has 1 rings (SSSR count). The molecule has 1 aromatic rings. The van der Waals surface area contributed by atoms with E-state index in [1.807, 2.05) is 6.07 Å². The highest BCUT2D eigenvalue weighted by atomic mass is 79.9. The summed E-state index contributed by atoms with van der Waals surface area (Å²) in [6.45, 7) is 0.0529. The molecule has 1 N–H and O–H groups in total. The zero-order valence-electron chi connectivity index (χ0n) is 10.00. The van der Waals surface area contributed by atoms with Gasteiger partial charge in [-0.3, -0.25) is 0 Å². The molecule has 0 atom stereocenters. The summed E-state index contributed by atoms with van der Waals surface area (Å²) >= 11 is 3.04. The lowest BCUT2D eigenvalue weighted by Gasteiger charge is -2.16. The topological polar surface area (TPSA) is 98.5 Å². The molecule has 8 heteroatoms. The van der Waals surface area contributed by atoms with Crippen molar-refractivity contribution in [3.63, 3.8) is 0 Å². The molecular formula is C11H11BrN2O4S. The molecule has 1 aromatic carbocycles. The maximum absolute atomic E-state index is 12.1. The molecule has 0 aliphatic carbocycles. The van der Waals surface area contributed by atoms with E-state index in [0.29, 0.717) is 4.47 Å². The number of hydrogen-bond acceptors (Lipinski definition) is 4. The van der Waals surface area contributed by atoms with Gasteiger partial charge in [0.1, 0.15) is 0 Å². The van der Waals surface area contributed by atoms with Crippen LogP contribution in [0.1, 0.15) is 16.8 Å². The molecule has 0 aromatic heterocycles. The average molecular weight is 347 g/mol. The molecule has 0 unspecified atom stereocenters. The minimum atomic E-state index is -3.79. The Kier molecular flexibility index (Phi) is 5.05. The van der Waals surface area contributed by atoms with Crippen molar-refractivity contribution in [2.75, 3.05) is 13.6 Å². The zero-order chi connectivity index (χ0) is 14.6. The minimum absolute atomic E-state index is 0.0529. The van der Waals surface area contributed by atoms with Crippen LogP contribution in [-0.4, -0.2) is 37.4 Å². The van der Waals surface area contributed by atoms with E-state index in [0.717, 1.165) is 10.4 Å². The highest BCUT2D eigenvalue weighted by Crippen LogP contribution is 2.23. The van der Waals surface area contributed by atoms with Crippen LogP contribution < -0.4 is 0 Å². The maximum Gasteiger partial charge on any atom is 0.336 e. The first-order valence-corrected chi connectivity index (χ1v) is 7.40. The molecule has 0 radical (unpaired) electrons. The van der Waals surface area contributed by atoms with Crippen LogP contribution in [0.25, 0.3) is 0 Å². The van der Waals surface area contributed by atoms with Gasteiger partial charge in [0.2, 0.25) is 10.0 Å². The Morgan fingerprint density at radius 2 is 2.16 bits per heavy atom. The van der Waals surface area contributed by atoms with Gasteiger partial charge in [-0.05, 0) is 34.1 Å². The quantitative estimate of drug-likeness (QED) is 0.874. The number of aromatic carboxylic acids is 1. The van der Waals surface area contributed by atoms with E-state index in [1.165, 1.54) is 19.2 Å². The SMILES string of the molecule is CN(CCC#N)S(=O)(=O)c1ccc(Br)c(C(=O)O)c1. The van der Waals surface area contributed by atoms with Crippen molar-refractivity contribution in [1.29, 1.82) is 5.26 Å². The maximum atomic E-state index is 12.1. The van der Waals surface area contributed by atoms with Crippen LogP contribution in [0.15, 0.2) is 27.6 Å². The number of carboxylic acid groups (broad SMARTS) is 1. The first-order chi connectivity index (χ1) is 8.80. The van der Waals surface area contributed by atoms with Crippen LogP contribution in [-0.2, 0) is 10.0 Å². The molecule has 0 saturated heterocycles. The van der Waals surface area contributed by atoms with Gasteiger partial charge in [0.15, 0.2) is 0 Å². The lowest BCUT2D eigenvalue weighted by molar-refractivity contribution is 0.0695. The lowest BCUT2D eigenvalue weighted by Crippen LogP contribution is -2.28. The molecule has 0 saturated carbocycles. The largest absolute Gasteiger partial charge is 0.478 e. The Balaban J connectivity index is 3.19. The predicted molar refractivity (Wildman–Crippen MR) is 71.1 cm³/mol. The number of hydrogen-bond donors (Lipinski definition) is 1. The summed E-state index contributed by atoms with van der Waals surface area (Å²) in [5.74, 6) is -1.22. The summed E-state index contributed by atoms with van der Waals surface area (Å²) in [5, 5.41) is 17.4. The van der Waals surface area contributed by atoms with Crippen LogP contribution in [0.4, 0.5) is 0 Å². The van der Waals surface area contributed by atoms with Crippen molar-refractivity contribution in [3.05, 3.63) is 28.2 Å². The van der Waals surface area contributed by atoms with Gasteiger partial charge in [-0.2, -0.15) is 9.57 Å². The third-order valence-electron chi connectivity index (χ3n) is 2.41. The first kappa shape index (κ1) is 15.6. The summed E-state index contributed by atoms with van der Waals surface area (Å²) in [7, 11) is -2.44. The summed E-state index contributed by atoms with van der Waals surface area (Å²) in [6.07, 6.45) is 0.0675. The van der Waals surface area contributed by atoms with Crippen molar-refractivity contribution in [2.45, 2.75) is 11.3 Å². The summed E-state index contributed by atoms with van der Waals surface area (Å²) < 4.78 is 25.6. The monoisotopic (exact) mass is 346 g/mol. The Hall–Kier alpha value is -1.43. The Morgan fingerprint density at radius 3 is 2.68 bits per heavy atom. The fourth-order valence-corrected chi connectivity index (χ4v) is 2.95. The number of carbonyl (C=O) groups is 1. The zero-order valence-corrected chi connectivity index (χ0v) is 12.4. The van der Waals surface area contributed by atoms with Gasteiger partial charge in [0, 0.05) is 24.5 Å². The standard InChI is InChI=1S/C11H11BrN2O4S/c1-14(6-2-5-13)19(17,18)8-3-4-10(12)9(7-8)11(15)16/h3-4,7H,2,6H2,1H3,(H,15,16). The highest BCUT2D eigenvalue weighted by molar-refractivity contribution is 9.10. The smallest absolute Gasteiger partial charge is 0.336 e. The Labute approximate surface area is 119 Å². The number of halogens is 1. The van der Waals surface area contributed by atoms with E-state index in [9.17, 15) is 13.2 Å². The number of rotatable bonds is 5. The molecule has 0 amide bonds. The Bertz CT molecular complexity index is 637. The van der Waals surface area contributed by atoms with Gasteiger partial charge in [0.05, 0.1) is 16.5 Å². The number of nitriles is 1. The van der Waals surface area contributed by atoms with Gasteiger partial charge in [-0.25, -0.2) is 13.2 Å². The van der Waals surface area contributed by atoms with Gasteiger partial charge < -0.3 is 5.11 Å². The van der Waals surface area contributed by atoms with E-state index in [2.05, 4.69) is 15.9 Å². The fourth-order valence-electron chi connectivity index (χ4n) is 1.34. The molecule has 102 valence electrons. The van der Waals surface area contributed by atoms with E-state index >= 15 is 0 Å². The van der Waals surface area contributed by atoms with Crippen molar-refractivity contribution < 1.29 is 18.3 Å². The number of nitrogens with zero attached hydrogens (tertiary/aromatic N) is 2. The molecule has 0 fully saturated rings. The Morgan fingerprint density at radius 1 is 1.53 bits per heavy atom. The average Bonchev–Trinajstić information content (AvgIpc) is 2.35. The van der Waals surface area contributed by atoms with Gasteiger partial charge in [-0.15, -0.1) is 0 Å². The third-order valence-corrected chi connectivity index (χ3v) is 4.96. The van der Waals surface area contributed by atoms with Crippen LogP contribution in [0.3, 0.4) is 0 Å². The number of sulfonamides is 1. The normalized spacial score (nSPS) is 11.3. The van der Waals surface area contributed by atoms with E-state index in [1.54, 1.807) is 0 Å². The molecule has 19 heavy (non-hydrogen) atoms. The van der Waals surface area contributed by atoms with E-state index < -0.39 is 16.0 Å². The molecule has 0 aliphatic heterocycles. The van der Waals surface area contributed by atoms with Crippen molar-refractivity contribution in [3.8, 4) is 6.07 Å². The molecule has 6 nitrogen and oxygen atoms in total. The lowest BCUT2D eigenvalue weighted by atomic mass is 10.2. The number of benzene rings is 1. The van der Waals surface area contributed by atoms with Gasteiger partial charge in [-0.1, -0.05) is 0 Å².